The van der Waals surface area contributed by atoms with Crippen LogP contribution in [0.25, 0.3) is 11.0 Å². The Morgan fingerprint density at radius 1 is 1.21 bits per heavy atom. The lowest BCUT2D eigenvalue weighted by atomic mass is 9.99. The molecule has 7 heteroatoms. The Balaban J connectivity index is 2.49. The molecule has 0 aliphatic carbocycles. The van der Waals surface area contributed by atoms with Gasteiger partial charge in [-0.05, 0) is 62.8 Å². The average Bonchev–Trinajstić information content (AvgIpc) is 2.74. The zero-order valence-corrected chi connectivity index (χ0v) is 15.3. The van der Waals surface area contributed by atoms with Crippen LogP contribution >= 0.6 is 66.7 Å². The molecule has 2 aromatic rings. The number of aromatic nitrogens is 2. The van der Waals surface area contributed by atoms with E-state index in [4.69, 9.17) is 34.8 Å². The first-order chi connectivity index (χ1) is 8.82. The van der Waals surface area contributed by atoms with Crippen LogP contribution in [-0.2, 0) is 16.8 Å². The molecule has 2 nitrogen and oxygen atoms in total. The Morgan fingerprint density at radius 2 is 1.89 bits per heavy atom. The fraction of sp³-hybridized carbons (Fsp3) is 0.417. The third-order valence-electron chi connectivity index (χ3n) is 3.50. The van der Waals surface area contributed by atoms with Crippen LogP contribution in [0.2, 0.25) is 0 Å². The van der Waals surface area contributed by atoms with E-state index >= 15 is 0 Å². The van der Waals surface area contributed by atoms with Crippen LogP contribution < -0.4 is 0 Å². The third kappa shape index (κ3) is 2.15. The highest BCUT2D eigenvalue weighted by molar-refractivity contribution is 9.13. The van der Waals surface area contributed by atoms with Gasteiger partial charge in [-0.2, -0.15) is 0 Å². The highest BCUT2D eigenvalue weighted by Gasteiger charge is 2.33. The molecule has 0 amide bonds. The number of rotatable bonds is 0. The van der Waals surface area contributed by atoms with Gasteiger partial charge in [-0.25, -0.2) is 4.98 Å². The number of nitrogens with zero attached hydrogens (tertiary/aromatic N) is 2. The van der Waals surface area contributed by atoms with E-state index in [1.54, 1.807) is 0 Å². The Kier molecular flexibility index (Phi) is 3.63. The van der Waals surface area contributed by atoms with Crippen LogP contribution in [-0.4, -0.2) is 9.55 Å². The van der Waals surface area contributed by atoms with Gasteiger partial charge in [0.25, 0.3) is 0 Å². The molecule has 0 saturated heterocycles. The summed E-state index contributed by atoms with van der Waals surface area (Å²) >= 11 is 25.3. The Labute approximate surface area is 142 Å². The summed E-state index contributed by atoms with van der Waals surface area (Å²) < 4.78 is 2.47. The number of imidazole rings is 1. The Bertz CT molecular complexity index is 689. The molecule has 1 aliphatic heterocycles. The number of halogens is 5. The second kappa shape index (κ2) is 4.77. The minimum atomic E-state index is -1.51. The molecule has 1 aromatic heterocycles. The Morgan fingerprint density at radius 3 is 2.53 bits per heavy atom. The first-order valence-corrected chi connectivity index (χ1v) is 8.48. The number of alkyl halides is 3. The summed E-state index contributed by atoms with van der Waals surface area (Å²) in [5.41, 5.74) is 4.44. The Hall–Kier alpha value is 0.520. The van der Waals surface area contributed by atoms with Gasteiger partial charge in [-0.1, -0.05) is 34.8 Å². The van der Waals surface area contributed by atoms with Gasteiger partial charge in [0, 0.05) is 11.0 Å². The van der Waals surface area contributed by atoms with Gasteiger partial charge in [0.15, 0.2) is 5.82 Å². The van der Waals surface area contributed by atoms with Crippen molar-refractivity contribution in [3.63, 3.8) is 0 Å². The van der Waals surface area contributed by atoms with Crippen molar-refractivity contribution >= 4 is 77.7 Å². The standard InChI is InChI=1S/C12H9Br2Cl3N2/c1-5-6-3-2-4-19-10(6)9(8(14)7(5)13)18-11(19)12(15,16)17/h2-4H2,1H3. The van der Waals surface area contributed by atoms with E-state index < -0.39 is 3.79 Å². The average molecular weight is 447 g/mol. The topological polar surface area (TPSA) is 17.8 Å². The zero-order chi connectivity index (χ0) is 13.9. The van der Waals surface area contributed by atoms with Crippen molar-refractivity contribution in [2.45, 2.75) is 30.1 Å². The van der Waals surface area contributed by atoms with Gasteiger partial charge < -0.3 is 4.57 Å². The lowest BCUT2D eigenvalue weighted by Crippen LogP contribution is -2.16. The maximum atomic E-state index is 6.04. The summed E-state index contributed by atoms with van der Waals surface area (Å²) in [6.07, 6.45) is 2.06. The molecule has 2 heterocycles. The molecule has 0 unspecified atom stereocenters. The number of aryl methyl sites for hydroxylation is 2. The first-order valence-electron chi connectivity index (χ1n) is 5.76. The van der Waals surface area contributed by atoms with Gasteiger partial charge in [0.2, 0.25) is 3.79 Å². The predicted molar refractivity (Wildman–Crippen MR) is 87.4 cm³/mol. The molecular formula is C12H9Br2Cl3N2. The van der Waals surface area contributed by atoms with Gasteiger partial charge in [0.1, 0.15) is 5.52 Å². The SMILES string of the molecule is Cc1c(Br)c(Br)c2nc(C(Cl)(Cl)Cl)n3c2c1CCC3. The largest absolute Gasteiger partial charge is 0.324 e. The van der Waals surface area contributed by atoms with E-state index in [0.717, 1.165) is 39.4 Å². The third-order valence-corrected chi connectivity index (χ3v) is 6.30. The fourth-order valence-corrected chi connectivity index (χ4v) is 4.08. The predicted octanol–water partition coefficient (Wildman–Crippen LogP) is 5.64. The van der Waals surface area contributed by atoms with Crippen molar-refractivity contribution < 1.29 is 0 Å². The van der Waals surface area contributed by atoms with Crippen LogP contribution in [0, 0.1) is 6.92 Å². The van der Waals surface area contributed by atoms with E-state index in [1.165, 1.54) is 11.1 Å². The highest BCUT2D eigenvalue weighted by atomic mass is 79.9. The van der Waals surface area contributed by atoms with Crippen molar-refractivity contribution in [1.82, 2.24) is 9.55 Å². The summed E-state index contributed by atoms with van der Waals surface area (Å²) in [6.45, 7) is 2.93. The number of hydrogen-bond acceptors (Lipinski definition) is 1. The summed E-state index contributed by atoms with van der Waals surface area (Å²) in [6, 6.07) is 0. The van der Waals surface area contributed by atoms with Crippen LogP contribution in [0.5, 0.6) is 0 Å². The maximum absolute atomic E-state index is 6.04. The molecule has 102 valence electrons. The second-order valence-corrected chi connectivity index (χ2v) is 8.48. The van der Waals surface area contributed by atoms with Gasteiger partial charge >= 0.3 is 0 Å². The maximum Gasteiger partial charge on any atom is 0.248 e. The van der Waals surface area contributed by atoms with Gasteiger partial charge in [-0.15, -0.1) is 0 Å². The second-order valence-electron chi connectivity index (χ2n) is 4.62. The quantitative estimate of drug-likeness (QED) is 0.478. The summed E-state index contributed by atoms with van der Waals surface area (Å²) in [7, 11) is 0. The smallest absolute Gasteiger partial charge is 0.248 e. The van der Waals surface area contributed by atoms with Gasteiger partial charge in [-0.3, -0.25) is 0 Å². The van der Waals surface area contributed by atoms with Crippen LogP contribution in [0.1, 0.15) is 23.4 Å². The zero-order valence-electron chi connectivity index (χ0n) is 9.91. The van der Waals surface area contributed by atoms with Crippen molar-refractivity contribution in [2.75, 3.05) is 0 Å². The van der Waals surface area contributed by atoms with Crippen molar-refractivity contribution in [3.05, 3.63) is 25.9 Å². The molecule has 1 aromatic carbocycles. The van der Waals surface area contributed by atoms with Crippen LogP contribution in [0.3, 0.4) is 0 Å². The molecule has 19 heavy (non-hydrogen) atoms. The fourth-order valence-electron chi connectivity index (χ4n) is 2.64. The van der Waals surface area contributed by atoms with Crippen molar-refractivity contribution in [3.8, 4) is 0 Å². The molecule has 0 atom stereocenters. The highest BCUT2D eigenvalue weighted by Crippen LogP contribution is 2.45. The minimum Gasteiger partial charge on any atom is -0.324 e. The summed E-state index contributed by atoms with van der Waals surface area (Å²) in [4.78, 5) is 4.55. The first kappa shape index (κ1) is 14.5. The number of benzene rings is 1. The molecule has 3 rings (SSSR count). The van der Waals surface area contributed by atoms with Crippen LogP contribution in [0.15, 0.2) is 8.95 Å². The minimum absolute atomic E-state index is 0.492. The monoisotopic (exact) mass is 444 g/mol. The normalized spacial score (nSPS) is 15.3. The molecule has 0 spiro atoms. The lowest BCUT2D eigenvalue weighted by Gasteiger charge is -2.21. The van der Waals surface area contributed by atoms with E-state index in [-0.39, 0.29) is 0 Å². The van der Waals surface area contributed by atoms with E-state index in [1.807, 2.05) is 4.57 Å². The molecule has 0 radical (unpaired) electrons. The van der Waals surface area contributed by atoms with Crippen LogP contribution in [0.4, 0.5) is 0 Å². The summed E-state index contributed by atoms with van der Waals surface area (Å²) in [5.74, 6) is 0.492. The van der Waals surface area contributed by atoms with Crippen molar-refractivity contribution in [2.24, 2.45) is 0 Å². The molecule has 1 aliphatic rings. The van der Waals surface area contributed by atoms with E-state index in [0.29, 0.717) is 5.82 Å². The lowest BCUT2D eigenvalue weighted by molar-refractivity contribution is 0.606. The van der Waals surface area contributed by atoms with E-state index in [9.17, 15) is 0 Å². The van der Waals surface area contributed by atoms with E-state index in [2.05, 4.69) is 43.8 Å². The molecule has 0 saturated carbocycles. The van der Waals surface area contributed by atoms with Gasteiger partial charge in [0.05, 0.1) is 9.99 Å². The number of hydrogen-bond donors (Lipinski definition) is 0. The molecular weight excluding hydrogens is 438 g/mol. The van der Waals surface area contributed by atoms with Crippen molar-refractivity contribution in [1.29, 1.82) is 0 Å². The molecule has 0 bridgehead atoms. The summed E-state index contributed by atoms with van der Waals surface area (Å²) in [5, 5.41) is 0. The molecule has 0 fully saturated rings. The molecule has 0 N–H and O–H groups in total.